The SMILES string of the molecule is CCCCCC[N+](CCCCCC)(CCCCCC)CCCCCC.O=C([O-])c1ccc(Sc2ccc(C(=O)O)cc2)cc1. The molecule has 0 atom stereocenters. The van der Waals surface area contributed by atoms with E-state index >= 15 is 0 Å². The molecule has 0 saturated heterocycles. The van der Waals surface area contributed by atoms with Crippen LogP contribution in [0.5, 0.6) is 0 Å². The fraction of sp³-hybridized carbons (Fsp3) is 0.632. The number of nitrogens with zero attached hydrogens (tertiary/aromatic N) is 1. The predicted octanol–water partition coefficient (Wildman–Crippen LogP) is 10.0. The first-order chi connectivity index (χ1) is 21.3. The molecule has 0 aliphatic rings. The van der Waals surface area contributed by atoms with Crippen molar-refractivity contribution in [2.45, 2.75) is 140 Å². The molecule has 0 aliphatic heterocycles. The first kappa shape index (κ1) is 39.7. The van der Waals surface area contributed by atoms with Gasteiger partial charge in [-0.3, -0.25) is 0 Å². The Morgan fingerprint density at radius 2 is 0.864 bits per heavy atom. The highest BCUT2D eigenvalue weighted by atomic mass is 32.2. The van der Waals surface area contributed by atoms with E-state index in [1.807, 2.05) is 0 Å². The molecule has 248 valence electrons. The van der Waals surface area contributed by atoms with E-state index in [1.54, 1.807) is 24.3 Å². The molecule has 44 heavy (non-hydrogen) atoms. The zero-order valence-electron chi connectivity index (χ0n) is 28.3. The Morgan fingerprint density at radius 3 is 1.14 bits per heavy atom. The Bertz CT molecular complexity index is 897. The second-order valence-electron chi connectivity index (χ2n) is 12.2. The molecule has 1 N–H and O–H groups in total. The van der Waals surface area contributed by atoms with Crippen LogP contribution in [0.2, 0.25) is 0 Å². The van der Waals surface area contributed by atoms with Crippen molar-refractivity contribution in [2.24, 2.45) is 0 Å². The van der Waals surface area contributed by atoms with Crippen molar-refractivity contribution in [3.8, 4) is 0 Å². The molecule has 0 aliphatic carbocycles. The highest BCUT2D eigenvalue weighted by Gasteiger charge is 2.25. The van der Waals surface area contributed by atoms with E-state index in [0.717, 1.165) is 9.79 Å². The quantitative estimate of drug-likeness (QED) is 0.0926. The molecule has 0 bridgehead atoms. The number of carbonyl (C=O) groups is 2. The summed E-state index contributed by atoms with van der Waals surface area (Å²) in [7, 11) is 0. The standard InChI is InChI=1S/C24H52N.C14H10O4S/c1-5-9-13-17-21-25(22-18-14-10-6-2,23-19-15-11-7-3)24-20-16-12-8-4;15-13(16)9-1-5-11(6-2-9)19-12-7-3-10(4-8-12)14(17)18/h5-24H2,1-4H3;1-8H,(H,15,16)(H,17,18)/q+1;/p-1. The van der Waals surface area contributed by atoms with Crippen molar-refractivity contribution in [1.29, 1.82) is 0 Å². The topological polar surface area (TPSA) is 77.4 Å². The van der Waals surface area contributed by atoms with Gasteiger partial charge in [0.25, 0.3) is 0 Å². The summed E-state index contributed by atoms with van der Waals surface area (Å²) in [4.78, 5) is 23.1. The molecular formula is C38H61NO4S. The molecule has 0 aromatic heterocycles. The maximum Gasteiger partial charge on any atom is 0.335 e. The number of carbonyl (C=O) groups excluding carboxylic acids is 1. The summed E-state index contributed by atoms with van der Waals surface area (Å²) in [5.74, 6) is -2.17. The Kier molecular flexibility index (Phi) is 22.5. The monoisotopic (exact) mass is 627 g/mol. The number of hydrogen-bond donors (Lipinski definition) is 1. The fourth-order valence-electron chi connectivity index (χ4n) is 5.63. The van der Waals surface area contributed by atoms with Crippen LogP contribution in [0.15, 0.2) is 58.3 Å². The van der Waals surface area contributed by atoms with E-state index in [0.29, 0.717) is 0 Å². The maximum atomic E-state index is 10.7. The van der Waals surface area contributed by atoms with Crippen LogP contribution < -0.4 is 5.11 Å². The predicted molar refractivity (Wildman–Crippen MR) is 185 cm³/mol. The second-order valence-corrected chi connectivity index (χ2v) is 13.4. The first-order valence-corrected chi connectivity index (χ1v) is 18.3. The molecule has 6 heteroatoms. The molecule has 0 saturated carbocycles. The van der Waals surface area contributed by atoms with Crippen molar-refractivity contribution in [2.75, 3.05) is 26.2 Å². The van der Waals surface area contributed by atoms with Gasteiger partial charge in [0.15, 0.2) is 0 Å². The van der Waals surface area contributed by atoms with E-state index in [2.05, 4.69) is 27.7 Å². The molecule has 0 unspecified atom stereocenters. The molecule has 2 aromatic carbocycles. The number of rotatable bonds is 24. The van der Waals surface area contributed by atoms with Crippen LogP contribution in [0.4, 0.5) is 0 Å². The van der Waals surface area contributed by atoms with Crippen LogP contribution in [0, 0.1) is 0 Å². The lowest BCUT2D eigenvalue weighted by Gasteiger charge is -2.39. The third-order valence-electron chi connectivity index (χ3n) is 8.37. The molecule has 0 heterocycles. The zero-order chi connectivity index (χ0) is 32.5. The summed E-state index contributed by atoms with van der Waals surface area (Å²) < 4.78 is 1.46. The van der Waals surface area contributed by atoms with Gasteiger partial charge in [0.05, 0.1) is 37.7 Å². The van der Waals surface area contributed by atoms with Gasteiger partial charge in [-0.05, 0) is 93.3 Å². The summed E-state index contributed by atoms with van der Waals surface area (Å²) in [5.41, 5.74) is 0.363. The van der Waals surface area contributed by atoms with Crippen LogP contribution in [0.1, 0.15) is 151 Å². The van der Waals surface area contributed by atoms with Gasteiger partial charge in [0.1, 0.15) is 0 Å². The molecule has 5 nitrogen and oxygen atoms in total. The lowest BCUT2D eigenvalue weighted by Crippen LogP contribution is -2.50. The van der Waals surface area contributed by atoms with Crippen LogP contribution in [-0.2, 0) is 0 Å². The summed E-state index contributed by atoms with van der Waals surface area (Å²) in [6, 6.07) is 12.8. The number of benzene rings is 2. The minimum Gasteiger partial charge on any atom is -0.545 e. The zero-order valence-corrected chi connectivity index (χ0v) is 29.1. The minimum absolute atomic E-state index is 0.130. The van der Waals surface area contributed by atoms with Crippen LogP contribution >= 0.6 is 11.8 Å². The molecule has 2 rings (SSSR count). The Labute approximate surface area is 273 Å². The minimum atomic E-state index is -1.21. The number of carboxylic acids is 2. The summed E-state index contributed by atoms with van der Waals surface area (Å²) in [5, 5.41) is 19.4. The smallest absolute Gasteiger partial charge is 0.335 e. The number of carboxylic acid groups (broad SMARTS) is 2. The van der Waals surface area contributed by atoms with Crippen LogP contribution in [-0.4, -0.2) is 47.7 Å². The van der Waals surface area contributed by atoms with E-state index in [4.69, 9.17) is 5.11 Å². The van der Waals surface area contributed by atoms with Crippen molar-refractivity contribution in [3.05, 3.63) is 59.7 Å². The molecule has 0 fully saturated rings. The third kappa shape index (κ3) is 17.9. The normalized spacial score (nSPS) is 11.2. The van der Waals surface area contributed by atoms with Gasteiger partial charge in [0.2, 0.25) is 0 Å². The average Bonchev–Trinajstić information content (AvgIpc) is 3.02. The van der Waals surface area contributed by atoms with Gasteiger partial charge in [-0.2, -0.15) is 0 Å². The summed E-state index contributed by atoms with van der Waals surface area (Å²) in [6.07, 6.45) is 22.8. The molecule has 2 aromatic rings. The van der Waals surface area contributed by atoms with Gasteiger partial charge in [-0.15, -0.1) is 0 Å². The van der Waals surface area contributed by atoms with E-state index in [-0.39, 0.29) is 11.1 Å². The van der Waals surface area contributed by atoms with Crippen molar-refractivity contribution >= 4 is 23.7 Å². The molecule has 0 amide bonds. The lowest BCUT2D eigenvalue weighted by molar-refractivity contribution is -0.929. The van der Waals surface area contributed by atoms with E-state index < -0.39 is 11.9 Å². The van der Waals surface area contributed by atoms with Gasteiger partial charge in [0, 0.05) is 9.79 Å². The average molecular weight is 628 g/mol. The van der Waals surface area contributed by atoms with E-state index in [1.165, 1.54) is 169 Å². The maximum absolute atomic E-state index is 10.7. The molecule has 0 spiro atoms. The Balaban J connectivity index is 0.000000454. The Morgan fingerprint density at radius 1 is 0.545 bits per heavy atom. The number of unbranched alkanes of at least 4 members (excludes halogenated alkanes) is 12. The second kappa shape index (κ2) is 24.9. The van der Waals surface area contributed by atoms with Gasteiger partial charge in [-0.25, -0.2) is 4.79 Å². The molecular weight excluding hydrogens is 566 g/mol. The first-order valence-electron chi connectivity index (χ1n) is 17.5. The highest BCUT2D eigenvalue weighted by Crippen LogP contribution is 2.28. The Hall–Kier alpha value is -2.31. The number of hydrogen-bond acceptors (Lipinski definition) is 4. The van der Waals surface area contributed by atoms with Crippen LogP contribution in [0.25, 0.3) is 0 Å². The van der Waals surface area contributed by atoms with Crippen LogP contribution in [0.3, 0.4) is 0 Å². The van der Waals surface area contributed by atoms with Gasteiger partial charge in [-0.1, -0.05) is 103 Å². The van der Waals surface area contributed by atoms with Crippen molar-refractivity contribution in [1.82, 2.24) is 0 Å². The third-order valence-corrected chi connectivity index (χ3v) is 9.39. The van der Waals surface area contributed by atoms with Crippen molar-refractivity contribution < 1.29 is 24.3 Å². The largest absolute Gasteiger partial charge is 0.545 e. The van der Waals surface area contributed by atoms with Gasteiger partial charge >= 0.3 is 5.97 Å². The summed E-state index contributed by atoms with van der Waals surface area (Å²) in [6.45, 7) is 15.2. The number of aromatic carboxylic acids is 2. The lowest BCUT2D eigenvalue weighted by atomic mass is 10.1. The highest BCUT2D eigenvalue weighted by molar-refractivity contribution is 7.99. The van der Waals surface area contributed by atoms with Gasteiger partial charge < -0.3 is 19.5 Å². The van der Waals surface area contributed by atoms with Crippen molar-refractivity contribution in [3.63, 3.8) is 0 Å². The molecule has 0 radical (unpaired) electrons. The fourth-order valence-corrected chi connectivity index (χ4v) is 6.44. The van der Waals surface area contributed by atoms with E-state index in [9.17, 15) is 14.7 Å². The summed E-state index contributed by atoms with van der Waals surface area (Å²) >= 11 is 1.42. The number of quaternary nitrogens is 1.